The summed E-state index contributed by atoms with van der Waals surface area (Å²) in [6.45, 7) is 3.11. The maximum atomic E-state index is 13.8. The first-order chi connectivity index (χ1) is 27.7. The Bertz CT molecular complexity index is 1440. The molecule has 1 aliphatic heterocycles. The second kappa shape index (κ2) is 27.0. The minimum absolute atomic E-state index is 0.231. The number of imide groups is 1. The Morgan fingerprint density at radius 2 is 0.947 bits per heavy atom. The Morgan fingerprint density at radius 3 is 1.40 bits per heavy atom. The van der Waals surface area contributed by atoms with Gasteiger partial charge >= 0.3 is 29.9 Å². The third-order valence-corrected chi connectivity index (χ3v) is 10.0. The molecule has 0 atom stereocenters. The predicted octanol–water partition coefficient (Wildman–Crippen LogP) is 8.82. The van der Waals surface area contributed by atoms with E-state index >= 15 is 0 Å². The van der Waals surface area contributed by atoms with Crippen LogP contribution in [0.1, 0.15) is 153 Å². The Balaban J connectivity index is 1.47. The number of nitrogens with one attached hydrogen (secondary N) is 1. The first kappa shape index (κ1) is 46.6. The number of nitrogens with zero attached hydrogens (tertiary/aromatic N) is 1. The van der Waals surface area contributed by atoms with Gasteiger partial charge in [0.2, 0.25) is 0 Å². The fourth-order valence-electron chi connectivity index (χ4n) is 6.72. The lowest BCUT2D eigenvalue weighted by Crippen LogP contribution is -2.45. The molecule has 0 saturated carbocycles. The SMILES string of the molecule is CCCCCCCCCCC(=O)OCC(COC(=O)CCCCCCCCCC)OC(=O)CCC(=O)OCN1C(=O)NC(c2ccccc2)(c2ccccc2)C1=O. The highest BCUT2D eigenvalue weighted by Crippen LogP contribution is 2.36. The van der Waals surface area contributed by atoms with Crippen LogP contribution in [0.3, 0.4) is 0 Å². The van der Waals surface area contributed by atoms with E-state index in [0.29, 0.717) is 24.0 Å². The van der Waals surface area contributed by atoms with Crippen LogP contribution in [0.4, 0.5) is 4.79 Å². The molecule has 1 N–H and O–H groups in total. The monoisotopic (exact) mass is 792 g/mol. The number of rotatable bonds is 30. The second-order valence-corrected chi connectivity index (χ2v) is 14.7. The van der Waals surface area contributed by atoms with Gasteiger partial charge in [-0.3, -0.25) is 24.0 Å². The number of carbonyl (C=O) groups is 6. The minimum atomic E-state index is -1.51. The number of hydrogen-bond donors (Lipinski definition) is 1. The first-order valence-corrected chi connectivity index (χ1v) is 21.1. The number of esters is 4. The van der Waals surface area contributed by atoms with Crippen LogP contribution in [-0.4, -0.2) is 66.8 Å². The van der Waals surface area contributed by atoms with Gasteiger partial charge in [0, 0.05) is 12.8 Å². The summed E-state index contributed by atoms with van der Waals surface area (Å²) in [5.41, 5.74) is -0.434. The Hall–Kier alpha value is -4.74. The number of unbranched alkanes of at least 4 members (excludes halogenated alkanes) is 14. The van der Waals surface area contributed by atoms with Gasteiger partial charge in [-0.05, 0) is 24.0 Å². The number of urea groups is 1. The summed E-state index contributed by atoms with van der Waals surface area (Å²) in [7, 11) is 0. The number of carbonyl (C=O) groups excluding carboxylic acids is 6. The van der Waals surface area contributed by atoms with Crippen LogP contribution in [0, 0.1) is 0 Å². The molecule has 3 rings (SSSR count). The van der Waals surface area contributed by atoms with Gasteiger partial charge in [0.15, 0.2) is 18.4 Å². The standard InChI is InChI=1S/C45H64N2O10/c1-3-5-7-9-11-13-15-23-29-39(48)54-33-38(34-55-40(49)30-24-16-14-12-10-8-6-4-2)57-42(51)32-31-41(50)56-35-47-43(52)45(46-44(47)53,36-25-19-17-20-26-36)37-27-21-18-22-28-37/h17-22,25-28,38H,3-16,23-24,29-35H2,1-2H3,(H,46,53). The molecule has 0 unspecified atom stereocenters. The fourth-order valence-corrected chi connectivity index (χ4v) is 6.72. The molecule has 0 radical (unpaired) electrons. The van der Waals surface area contributed by atoms with Crippen molar-refractivity contribution >= 4 is 35.8 Å². The highest BCUT2D eigenvalue weighted by molar-refractivity contribution is 6.09. The Labute approximate surface area is 338 Å². The van der Waals surface area contributed by atoms with Gasteiger partial charge in [-0.2, -0.15) is 0 Å². The molecule has 57 heavy (non-hydrogen) atoms. The van der Waals surface area contributed by atoms with E-state index in [-0.39, 0.29) is 26.1 Å². The minimum Gasteiger partial charge on any atom is -0.462 e. The maximum absolute atomic E-state index is 13.8. The molecule has 0 spiro atoms. The van der Waals surface area contributed by atoms with Gasteiger partial charge in [-0.25, -0.2) is 9.69 Å². The van der Waals surface area contributed by atoms with Crippen molar-refractivity contribution in [3.8, 4) is 0 Å². The van der Waals surface area contributed by atoms with E-state index in [9.17, 15) is 28.8 Å². The van der Waals surface area contributed by atoms with Gasteiger partial charge in [0.1, 0.15) is 13.2 Å². The molecule has 2 aromatic rings. The summed E-state index contributed by atoms with van der Waals surface area (Å²) in [4.78, 5) is 78.3. The smallest absolute Gasteiger partial charge is 0.328 e. The van der Waals surface area contributed by atoms with Crippen molar-refractivity contribution in [1.82, 2.24) is 10.2 Å². The lowest BCUT2D eigenvalue weighted by Gasteiger charge is -2.27. The van der Waals surface area contributed by atoms with Crippen LogP contribution in [0.5, 0.6) is 0 Å². The molecule has 12 nitrogen and oxygen atoms in total. The van der Waals surface area contributed by atoms with Gasteiger partial charge in [-0.15, -0.1) is 0 Å². The van der Waals surface area contributed by atoms with E-state index in [1.54, 1.807) is 60.7 Å². The third-order valence-electron chi connectivity index (χ3n) is 10.0. The summed E-state index contributed by atoms with van der Waals surface area (Å²) in [6, 6.07) is 16.8. The zero-order valence-corrected chi connectivity index (χ0v) is 34.1. The number of ether oxygens (including phenoxy) is 4. The molecule has 1 aliphatic rings. The van der Waals surface area contributed by atoms with Crippen molar-refractivity contribution in [1.29, 1.82) is 0 Å². The second-order valence-electron chi connectivity index (χ2n) is 14.7. The van der Waals surface area contributed by atoms with E-state index in [4.69, 9.17) is 18.9 Å². The van der Waals surface area contributed by atoms with Crippen LogP contribution in [0.2, 0.25) is 0 Å². The van der Waals surface area contributed by atoms with Gasteiger partial charge < -0.3 is 24.3 Å². The molecule has 3 amide bonds. The number of benzene rings is 2. The Morgan fingerprint density at radius 1 is 0.544 bits per heavy atom. The van der Waals surface area contributed by atoms with Gasteiger partial charge in [0.05, 0.1) is 12.8 Å². The topological polar surface area (TPSA) is 155 Å². The molecule has 1 saturated heterocycles. The zero-order chi connectivity index (χ0) is 41.1. The summed E-state index contributed by atoms with van der Waals surface area (Å²) in [6.07, 6.45) is 15.9. The highest BCUT2D eigenvalue weighted by atomic mass is 16.6. The molecular weight excluding hydrogens is 728 g/mol. The maximum Gasteiger partial charge on any atom is 0.328 e. The third kappa shape index (κ3) is 16.7. The van der Waals surface area contributed by atoms with Crippen molar-refractivity contribution in [3.05, 3.63) is 71.8 Å². The summed E-state index contributed by atoms with van der Waals surface area (Å²) < 4.78 is 21.5. The number of amides is 3. The zero-order valence-electron chi connectivity index (χ0n) is 34.1. The normalized spacial score (nSPS) is 13.4. The average molecular weight is 793 g/mol. The lowest BCUT2D eigenvalue weighted by atomic mass is 9.83. The van der Waals surface area contributed by atoms with E-state index < -0.39 is 67.0 Å². The molecule has 0 bridgehead atoms. The van der Waals surface area contributed by atoms with Crippen LogP contribution in [-0.2, 0) is 48.5 Å². The van der Waals surface area contributed by atoms with Crippen molar-refractivity contribution < 1.29 is 47.7 Å². The fraction of sp³-hybridized carbons (Fsp3) is 0.600. The van der Waals surface area contributed by atoms with E-state index in [0.717, 1.165) is 43.4 Å². The molecular formula is C45H64N2O10. The average Bonchev–Trinajstić information content (AvgIpc) is 3.48. The molecule has 2 aromatic carbocycles. The van der Waals surface area contributed by atoms with Crippen LogP contribution < -0.4 is 5.32 Å². The summed E-state index contributed by atoms with van der Waals surface area (Å²) in [5.74, 6) is -3.11. The van der Waals surface area contributed by atoms with Crippen molar-refractivity contribution in [3.63, 3.8) is 0 Å². The van der Waals surface area contributed by atoms with Crippen molar-refractivity contribution in [2.24, 2.45) is 0 Å². The van der Waals surface area contributed by atoms with Gasteiger partial charge in [0.25, 0.3) is 5.91 Å². The van der Waals surface area contributed by atoms with Crippen molar-refractivity contribution in [2.75, 3.05) is 19.9 Å². The van der Waals surface area contributed by atoms with E-state index in [1.165, 1.54) is 51.4 Å². The first-order valence-electron chi connectivity index (χ1n) is 21.1. The molecule has 314 valence electrons. The molecule has 1 fully saturated rings. The predicted molar refractivity (Wildman–Crippen MR) is 215 cm³/mol. The van der Waals surface area contributed by atoms with Crippen molar-refractivity contribution in [2.45, 2.75) is 154 Å². The summed E-state index contributed by atoms with van der Waals surface area (Å²) in [5, 5.41) is 2.79. The molecule has 0 aromatic heterocycles. The van der Waals surface area contributed by atoms with E-state index in [2.05, 4.69) is 19.2 Å². The lowest BCUT2D eigenvalue weighted by molar-refractivity contribution is -0.167. The largest absolute Gasteiger partial charge is 0.462 e. The van der Waals surface area contributed by atoms with Crippen LogP contribution in [0.25, 0.3) is 0 Å². The van der Waals surface area contributed by atoms with Crippen LogP contribution in [0.15, 0.2) is 60.7 Å². The molecule has 0 aliphatic carbocycles. The molecule has 1 heterocycles. The highest BCUT2D eigenvalue weighted by Gasteiger charge is 2.54. The van der Waals surface area contributed by atoms with E-state index in [1.807, 2.05) is 0 Å². The van der Waals surface area contributed by atoms with Crippen LogP contribution >= 0.6 is 0 Å². The Kier molecular flexibility index (Phi) is 22.1. The molecule has 12 heteroatoms. The summed E-state index contributed by atoms with van der Waals surface area (Å²) >= 11 is 0. The number of hydrogen-bond acceptors (Lipinski definition) is 10. The van der Waals surface area contributed by atoms with Gasteiger partial charge in [-0.1, -0.05) is 164 Å². The quantitative estimate of drug-likeness (QED) is 0.0351.